The predicted octanol–water partition coefficient (Wildman–Crippen LogP) is 1.40. The van der Waals surface area contributed by atoms with E-state index in [4.69, 9.17) is 4.74 Å². The van der Waals surface area contributed by atoms with Crippen LogP contribution < -0.4 is 5.32 Å². The minimum Gasteiger partial charge on any atom is -0.379 e. The van der Waals surface area contributed by atoms with Crippen LogP contribution in [0.5, 0.6) is 0 Å². The SMILES string of the molecule is COC(C)(C)CCNC(C)CN1CCCC1=O. The number of methoxy groups -OCH3 is 1. The quantitative estimate of drug-likeness (QED) is 0.734. The van der Waals surface area contributed by atoms with Gasteiger partial charge in [-0.15, -0.1) is 0 Å². The Morgan fingerprint density at radius 2 is 2.24 bits per heavy atom. The Morgan fingerprint density at radius 3 is 2.76 bits per heavy atom. The van der Waals surface area contributed by atoms with Gasteiger partial charge in [0.05, 0.1) is 5.60 Å². The van der Waals surface area contributed by atoms with Crippen LogP contribution in [0, 0.1) is 0 Å². The lowest BCUT2D eigenvalue weighted by Gasteiger charge is -2.26. The van der Waals surface area contributed by atoms with Gasteiger partial charge < -0.3 is 15.0 Å². The largest absolute Gasteiger partial charge is 0.379 e. The predicted molar refractivity (Wildman–Crippen MR) is 69.0 cm³/mol. The van der Waals surface area contributed by atoms with Gasteiger partial charge in [0.2, 0.25) is 5.91 Å². The van der Waals surface area contributed by atoms with E-state index in [0.29, 0.717) is 11.9 Å². The van der Waals surface area contributed by atoms with Crippen LogP contribution in [0.15, 0.2) is 0 Å². The minimum absolute atomic E-state index is 0.0732. The minimum atomic E-state index is -0.0732. The first-order chi connectivity index (χ1) is 7.94. The second kappa shape index (κ2) is 6.36. The van der Waals surface area contributed by atoms with E-state index in [0.717, 1.165) is 38.9 Å². The molecule has 0 aromatic rings. The molecular formula is C13H26N2O2. The van der Waals surface area contributed by atoms with E-state index in [-0.39, 0.29) is 5.60 Å². The monoisotopic (exact) mass is 242 g/mol. The summed E-state index contributed by atoms with van der Waals surface area (Å²) < 4.78 is 5.37. The molecule has 17 heavy (non-hydrogen) atoms. The molecule has 0 saturated carbocycles. The van der Waals surface area contributed by atoms with Crippen LogP contribution in [0.2, 0.25) is 0 Å². The van der Waals surface area contributed by atoms with Gasteiger partial charge in [-0.25, -0.2) is 0 Å². The third kappa shape index (κ3) is 5.04. The molecule has 4 heteroatoms. The number of amides is 1. The second-order valence-corrected chi connectivity index (χ2v) is 5.51. The van der Waals surface area contributed by atoms with Gasteiger partial charge in [-0.2, -0.15) is 0 Å². The van der Waals surface area contributed by atoms with Gasteiger partial charge in [0, 0.05) is 32.7 Å². The molecule has 1 aliphatic rings. The third-order valence-electron chi connectivity index (χ3n) is 3.44. The Morgan fingerprint density at radius 1 is 1.53 bits per heavy atom. The first kappa shape index (κ1) is 14.5. The fourth-order valence-electron chi connectivity index (χ4n) is 2.01. The van der Waals surface area contributed by atoms with E-state index in [1.54, 1.807) is 7.11 Å². The molecule has 1 fully saturated rings. The lowest BCUT2D eigenvalue weighted by Crippen LogP contribution is -2.41. The van der Waals surface area contributed by atoms with Gasteiger partial charge in [-0.05, 0) is 40.2 Å². The van der Waals surface area contributed by atoms with Crippen molar-refractivity contribution in [3.05, 3.63) is 0 Å². The molecule has 0 aromatic heterocycles. The summed E-state index contributed by atoms with van der Waals surface area (Å²) in [5, 5.41) is 3.45. The summed E-state index contributed by atoms with van der Waals surface area (Å²) in [4.78, 5) is 13.4. The zero-order valence-corrected chi connectivity index (χ0v) is 11.6. The maximum absolute atomic E-state index is 11.5. The van der Waals surface area contributed by atoms with Crippen molar-refractivity contribution in [1.29, 1.82) is 0 Å². The lowest BCUT2D eigenvalue weighted by atomic mass is 10.1. The topological polar surface area (TPSA) is 41.6 Å². The van der Waals surface area contributed by atoms with Gasteiger partial charge in [0.15, 0.2) is 0 Å². The van der Waals surface area contributed by atoms with Gasteiger partial charge >= 0.3 is 0 Å². The van der Waals surface area contributed by atoms with Crippen molar-refractivity contribution >= 4 is 5.91 Å². The fourth-order valence-corrected chi connectivity index (χ4v) is 2.01. The molecule has 1 atom stereocenters. The van der Waals surface area contributed by atoms with Crippen LogP contribution >= 0.6 is 0 Å². The van der Waals surface area contributed by atoms with Crippen molar-refractivity contribution in [1.82, 2.24) is 10.2 Å². The number of nitrogens with one attached hydrogen (secondary N) is 1. The summed E-state index contributed by atoms with van der Waals surface area (Å²) >= 11 is 0. The Hall–Kier alpha value is -0.610. The van der Waals surface area contributed by atoms with Crippen molar-refractivity contribution < 1.29 is 9.53 Å². The zero-order chi connectivity index (χ0) is 12.9. The average molecular weight is 242 g/mol. The van der Waals surface area contributed by atoms with Gasteiger partial charge in [-0.1, -0.05) is 0 Å². The lowest BCUT2D eigenvalue weighted by molar-refractivity contribution is -0.127. The fraction of sp³-hybridized carbons (Fsp3) is 0.923. The van der Waals surface area contributed by atoms with Crippen LogP contribution in [0.1, 0.15) is 40.0 Å². The molecular weight excluding hydrogens is 216 g/mol. The number of hydrogen-bond donors (Lipinski definition) is 1. The summed E-state index contributed by atoms with van der Waals surface area (Å²) in [7, 11) is 1.74. The van der Waals surface area contributed by atoms with E-state index in [1.807, 2.05) is 4.90 Å². The van der Waals surface area contributed by atoms with E-state index in [1.165, 1.54) is 0 Å². The molecule has 0 aliphatic carbocycles. The van der Waals surface area contributed by atoms with Crippen molar-refractivity contribution in [2.75, 3.05) is 26.7 Å². The molecule has 1 saturated heterocycles. The highest BCUT2D eigenvalue weighted by atomic mass is 16.5. The van der Waals surface area contributed by atoms with Crippen LogP contribution in [0.25, 0.3) is 0 Å². The molecule has 1 N–H and O–H groups in total. The highest BCUT2D eigenvalue weighted by molar-refractivity contribution is 5.78. The van der Waals surface area contributed by atoms with Crippen LogP contribution in [0.3, 0.4) is 0 Å². The number of ether oxygens (including phenoxy) is 1. The summed E-state index contributed by atoms with van der Waals surface area (Å²) in [5.41, 5.74) is -0.0732. The number of hydrogen-bond acceptors (Lipinski definition) is 3. The van der Waals surface area contributed by atoms with Gasteiger partial charge in [-0.3, -0.25) is 4.79 Å². The Balaban J connectivity index is 2.17. The Bertz CT molecular complexity index is 254. The standard InChI is InChI=1S/C13H26N2O2/c1-11(10-15-9-5-6-12(15)16)14-8-7-13(2,3)17-4/h11,14H,5-10H2,1-4H3. The van der Waals surface area contributed by atoms with Crippen molar-refractivity contribution in [2.45, 2.75) is 51.7 Å². The summed E-state index contributed by atoms with van der Waals surface area (Å²) in [6.07, 6.45) is 2.72. The molecule has 1 amide bonds. The number of carbonyl (C=O) groups excluding carboxylic acids is 1. The maximum atomic E-state index is 11.5. The van der Waals surface area contributed by atoms with Crippen molar-refractivity contribution in [3.8, 4) is 0 Å². The van der Waals surface area contributed by atoms with Gasteiger partial charge in [0.1, 0.15) is 0 Å². The van der Waals surface area contributed by atoms with E-state index in [2.05, 4.69) is 26.1 Å². The molecule has 0 bridgehead atoms. The molecule has 1 heterocycles. The molecule has 0 spiro atoms. The Labute approximate surface area is 105 Å². The Kier molecular flexibility index (Phi) is 5.40. The first-order valence-electron chi connectivity index (χ1n) is 6.51. The summed E-state index contributed by atoms with van der Waals surface area (Å²) in [6, 6.07) is 0.352. The smallest absolute Gasteiger partial charge is 0.222 e. The van der Waals surface area contributed by atoms with Crippen molar-refractivity contribution in [2.24, 2.45) is 0 Å². The average Bonchev–Trinajstić information content (AvgIpc) is 2.64. The van der Waals surface area contributed by atoms with Gasteiger partial charge in [0.25, 0.3) is 0 Å². The van der Waals surface area contributed by atoms with Crippen LogP contribution in [-0.4, -0.2) is 49.2 Å². The maximum Gasteiger partial charge on any atom is 0.222 e. The zero-order valence-electron chi connectivity index (χ0n) is 11.6. The molecule has 1 rings (SSSR count). The highest BCUT2D eigenvalue weighted by Crippen LogP contribution is 2.12. The molecule has 1 aliphatic heterocycles. The second-order valence-electron chi connectivity index (χ2n) is 5.51. The number of nitrogens with zero attached hydrogens (tertiary/aromatic N) is 1. The number of likely N-dealkylation sites (tertiary alicyclic amines) is 1. The van der Waals surface area contributed by atoms with E-state index in [9.17, 15) is 4.79 Å². The molecule has 1 unspecified atom stereocenters. The van der Waals surface area contributed by atoms with Crippen molar-refractivity contribution in [3.63, 3.8) is 0 Å². The van der Waals surface area contributed by atoms with E-state index >= 15 is 0 Å². The normalized spacial score (nSPS) is 18.8. The number of carbonyl (C=O) groups is 1. The first-order valence-corrected chi connectivity index (χ1v) is 6.51. The molecule has 0 aromatic carbocycles. The molecule has 4 nitrogen and oxygen atoms in total. The van der Waals surface area contributed by atoms with Crippen LogP contribution in [-0.2, 0) is 9.53 Å². The molecule has 100 valence electrons. The number of rotatable bonds is 7. The molecule has 0 radical (unpaired) electrons. The summed E-state index contributed by atoms with van der Waals surface area (Å²) in [5.74, 6) is 0.302. The summed E-state index contributed by atoms with van der Waals surface area (Å²) in [6.45, 7) is 8.97. The van der Waals surface area contributed by atoms with E-state index < -0.39 is 0 Å². The van der Waals surface area contributed by atoms with Crippen LogP contribution in [0.4, 0.5) is 0 Å². The third-order valence-corrected chi connectivity index (χ3v) is 3.44. The highest BCUT2D eigenvalue weighted by Gasteiger charge is 2.22.